The molecule has 1 N–H and O–H groups in total. The van der Waals surface area contributed by atoms with Gasteiger partial charge in [-0.3, -0.25) is 9.98 Å². The van der Waals surface area contributed by atoms with E-state index < -0.39 is 10.0 Å². The van der Waals surface area contributed by atoms with Crippen molar-refractivity contribution in [2.75, 3.05) is 19.6 Å². The number of aryl methyl sites for hydroxylation is 2. The van der Waals surface area contributed by atoms with Gasteiger partial charge in [0.05, 0.1) is 11.4 Å². The van der Waals surface area contributed by atoms with Gasteiger partial charge in [0.25, 0.3) is 10.0 Å². The first-order valence-corrected chi connectivity index (χ1v) is 18.1. The van der Waals surface area contributed by atoms with Crippen LogP contribution in [-0.4, -0.2) is 49.9 Å². The van der Waals surface area contributed by atoms with E-state index >= 15 is 0 Å². The zero-order valence-electron chi connectivity index (χ0n) is 23.9. The summed E-state index contributed by atoms with van der Waals surface area (Å²) < 4.78 is 28.9. The molecule has 0 saturated carbocycles. The molecule has 0 aliphatic carbocycles. The molecule has 3 aliphatic heterocycles. The number of aliphatic imine (C=N–C) groups is 2. The van der Waals surface area contributed by atoms with Crippen LogP contribution in [-0.2, 0) is 16.4 Å². The number of nitrogens with zero attached hydrogens (tertiary/aromatic N) is 3. The smallest absolute Gasteiger partial charge is 0.252 e. The Kier molecular flexibility index (Phi) is 8.22. The molecule has 3 aliphatic rings. The molecular formula is C31H36N4O2S4. The monoisotopic (exact) mass is 624 g/mol. The fourth-order valence-corrected chi connectivity index (χ4v) is 11.1. The molecule has 6 heterocycles. The van der Waals surface area contributed by atoms with Gasteiger partial charge in [0.15, 0.2) is 0 Å². The van der Waals surface area contributed by atoms with Gasteiger partial charge in [-0.2, -0.15) is 4.31 Å². The van der Waals surface area contributed by atoms with Gasteiger partial charge < -0.3 is 5.32 Å². The fourth-order valence-electron chi connectivity index (χ4n) is 5.96. The summed E-state index contributed by atoms with van der Waals surface area (Å²) in [5.41, 5.74) is 6.13. The standard InChI is InChI=1S/C31H36N4O2S4/c1-19-14-22(4)39-29(19)26-18-38-30-25(26)6-5-11-32-31(30)34-21(3)15-23-9-12-35(13-10-23)41(36,37)28-8-7-27(40-28)24-16-20(2)33-17-24/h5,7-8,11,14,16,18,21,23H,6,9-10,12-13,15,17H2,1-4H3,(H,32,34)/t21-/m0/s1. The summed E-state index contributed by atoms with van der Waals surface area (Å²) in [6.07, 6.45) is 9.83. The maximum Gasteiger partial charge on any atom is 0.252 e. The molecule has 0 unspecified atom stereocenters. The number of rotatable bonds is 7. The number of thiophene rings is 3. The summed E-state index contributed by atoms with van der Waals surface area (Å²) in [6, 6.07) is 6.09. The summed E-state index contributed by atoms with van der Waals surface area (Å²) in [4.78, 5) is 14.5. The van der Waals surface area contributed by atoms with Crippen LogP contribution in [0.5, 0.6) is 0 Å². The molecule has 1 atom stereocenters. The van der Waals surface area contributed by atoms with Crippen LogP contribution in [0.15, 0.2) is 56.1 Å². The zero-order chi connectivity index (χ0) is 28.7. The van der Waals surface area contributed by atoms with E-state index in [1.54, 1.807) is 21.7 Å². The van der Waals surface area contributed by atoms with Crippen molar-refractivity contribution in [3.8, 4) is 10.4 Å². The molecule has 0 aromatic carbocycles. The summed E-state index contributed by atoms with van der Waals surface area (Å²) in [6.45, 7) is 10.3. The largest absolute Gasteiger partial charge is 0.346 e. The van der Waals surface area contributed by atoms with Crippen molar-refractivity contribution < 1.29 is 8.42 Å². The molecule has 10 heteroatoms. The van der Waals surface area contributed by atoms with Gasteiger partial charge >= 0.3 is 0 Å². The van der Waals surface area contributed by atoms with Crippen molar-refractivity contribution in [2.24, 2.45) is 15.9 Å². The highest BCUT2D eigenvalue weighted by Gasteiger charge is 2.31. The molecule has 0 amide bonds. The van der Waals surface area contributed by atoms with Crippen LogP contribution >= 0.6 is 34.0 Å². The van der Waals surface area contributed by atoms with Crippen molar-refractivity contribution in [3.05, 3.63) is 67.7 Å². The Morgan fingerprint density at radius 3 is 2.66 bits per heavy atom. The Morgan fingerprint density at radius 1 is 1.15 bits per heavy atom. The molecule has 1 fully saturated rings. The number of allylic oxidation sites excluding steroid dienone is 2. The highest BCUT2D eigenvalue weighted by Crippen LogP contribution is 2.40. The Bertz CT molecular complexity index is 1680. The average Bonchev–Trinajstić information content (AvgIpc) is 3.72. The van der Waals surface area contributed by atoms with Crippen molar-refractivity contribution in [3.63, 3.8) is 0 Å². The van der Waals surface area contributed by atoms with Gasteiger partial charge in [-0.15, -0.1) is 34.0 Å². The van der Waals surface area contributed by atoms with Crippen LogP contribution in [0.4, 0.5) is 0 Å². The number of sulfonamides is 1. The lowest BCUT2D eigenvalue weighted by Gasteiger charge is -2.31. The van der Waals surface area contributed by atoms with Crippen LogP contribution in [0.1, 0.15) is 58.9 Å². The molecule has 6 rings (SSSR count). The second kappa shape index (κ2) is 11.7. The molecular weight excluding hydrogens is 589 g/mol. The third kappa shape index (κ3) is 5.95. The first kappa shape index (κ1) is 28.7. The van der Waals surface area contributed by atoms with Crippen molar-refractivity contribution in [1.29, 1.82) is 0 Å². The lowest BCUT2D eigenvalue weighted by molar-refractivity contribution is 0.256. The zero-order valence-corrected chi connectivity index (χ0v) is 27.2. The van der Waals surface area contributed by atoms with Crippen molar-refractivity contribution >= 4 is 61.2 Å². The molecule has 1 saturated heterocycles. The average molecular weight is 625 g/mol. The van der Waals surface area contributed by atoms with Crippen molar-refractivity contribution in [2.45, 2.75) is 63.6 Å². The molecule has 0 radical (unpaired) electrons. The fraction of sp³-hybridized carbons (Fsp3) is 0.419. The highest BCUT2D eigenvalue weighted by atomic mass is 32.2. The second-order valence-electron chi connectivity index (χ2n) is 11.2. The number of piperidine rings is 1. The van der Waals surface area contributed by atoms with E-state index in [0.717, 1.165) is 47.7 Å². The predicted molar refractivity (Wildman–Crippen MR) is 175 cm³/mol. The van der Waals surface area contributed by atoms with E-state index in [2.05, 4.69) is 48.6 Å². The van der Waals surface area contributed by atoms with Gasteiger partial charge in [-0.25, -0.2) is 8.42 Å². The van der Waals surface area contributed by atoms with Gasteiger partial charge in [-0.1, -0.05) is 6.08 Å². The van der Waals surface area contributed by atoms with Crippen LogP contribution in [0.3, 0.4) is 0 Å². The summed E-state index contributed by atoms with van der Waals surface area (Å²) in [7, 11) is -3.47. The summed E-state index contributed by atoms with van der Waals surface area (Å²) in [5.74, 6) is 1.41. The van der Waals surface area contributed by atoms with Crippen LogP contribution in [0.2, 0.25) is 0 Å². The molecule has 41 heavy (non-hydrogen) atoms. The summed E-state index contributed by atoms with van der Waals surface area (Å²) in [5, 5.41) is 5.73. The van der Waals surface area contributed by atoms with E-state index in [9.17, 15) is 8.42 Å². The lowest BCUT2D eigenvalue weighted by Crippen LogP contribution is -2.38. The summed E-state index contributed by atoms with van der Waals surface area (Å²) >= 11 is 5.00. The minimum absolute atomic E-state index is 0.145. The van der Waals surface area contributed by atoms with E-state index in [0.29, 0.717) is 29.8 Å². The normalized spacial score (nSPS) is 20.0. The first-order chi connectivity index (χ1) is 19.7. The number of nitrogens with one attached hydrogen (secondary N) is 1. The number of hydrogen-bond acceptors (Lipinski definition) is 7. The van der Waals surface area contributed by atoms with Crippen LogP contribution in [0.25, 0.3) is 16.0 Å². The lowest BCUT2D eigenvalue weighted by atomic mass is 9.92. The molecule has 3 aromatic heterocycles. The Labute approximate surface area is 255 Å². The first-order valence-electron chi connectivity index (χ1n) is 14.2. The topological polar surface area (TPSA) is 74.1 Å². The quantitative estimate of drug-likeness (QED) is 0.300. The molecule has 6 nitrogen and oxygen atoms in total. The molecule has 0 spiro atoms. The highest BCUT2D eigenvalue weighted by molar-refractivity contribution is 7.91. The van der Waals surface area contributed by atoms with Gasteiger partial charge in [0.1, 0.15) is 10.0 Å². The van der Waals surface area contributed by atoms with Crippen LogP contribution in [0, 0.1) is 19.8 Å². The third-order valence-corrected chi connectivity index (χ3v) is 13.8. The van der Waals surface area contributed by atoms with E-state index in [1.165, 1.54) is 42.7 Å². The van der Waals surface area contributed by atoms with E-state index in [4.69, 9.17) is 4.99 Å². The minimum Gasteiger partial charge on any atom is -0.346 e. The maximum absolute atomic E-state index is 13.4. The van der Waals surface area contributed by atoms with E-state index in [1.807, 2.05) is 36.6 Å². The van der Waals surface area contributed by atoms with Gasteiger partial charge in [0, 0.05) is 50.4 Å². The van der Waals surface area contributed by atoms with Gasteiger partial charge in [0.2, 0.25) is 0 Å². The maximum atomic E-state index is 13.4. The SMILES string of the molecule is CC1=NCC(c2ccc(S(=O)(=O)N3CCC(C[C@H](C)N=C4NC=CCc5c(-c6sc(C)cc6C)csc54)CC3)s2)=C1. The number of fused-ring (bicyclic) bond motifs is 1. The predicted octanol–water partition coefficient (Wildman–Crippen LogP) is 7.30. The Balaban J connectivity index is 1.10. The number of hydrogen-bond donors (Lipinski definition) is 1. The van der Waals surface area contributed by atoms with Crippen LogP contribution < -0.4 is 5.32 Å². The minimum atomic E-state index is -3.47. The number of amidine groups is 1. The molecule has 0 bridgehead atoms. The van der Waals surface area contributed by atoms with Crippen molar-refractivity contribution in [1.82, 2.24) is 9.62 Å². The molecule has 3 aromatic rings. The van der Waals surface area contributed by atoms with E-state index in [-0.39, 0.29) is 6.04 Å². The Hall–Kier alpha value is -2.37. The van der Waals surface area contributed by atoms with Gasteiger partial charge in [-0.05, 0) is 106 Å². The third-order valence-electron chi connectivity index (χ3n) is 8.03. The second-order valence-corrected chi connectivity index (χ2v) is 16.6. The molecule has 216 valence electrons. The Morgan fingerprint density at radius 2 is 1.95 bits per heavy atom.